The summed E-state index contributed by atoms with van der Waals surface area (Å²) in [4.78, 5) is 7.29. The zero-order valence-electron chi connectivity index (χ0n) is 8.00. The first-order valence-electron chi connectivity index (χ1n) is 4.90. The maximum absolute atomic E-state index is 12.9. The first-order chi connectivity index (χ1) is 7.22. The van der Waals surface area contributed by atoms with E-state index in [9.17, 15) is 4.39 Å². The van der Waals surface area contributed by atoms with Gasteiger partial charge in [-0.1, -0.05) is 0 Å². The molecular formula is C10H11FN4. The van der Waals surface area contributed by atoms with Crippen molar-refractivity contribution in [1.29, 1.82) is 0 Å². The van der Waals surface area contributed by atoms with Crippen LogP contribution in [-0.2, 0) is 0 Å². The lowest BCUT2D eigenvalue weighted by Gasteiger charge is -1.97. The van der Waals surface area contributed by atoms with E-state index in [1.807, 2.05) is 0 Å². The van der Waals surface area contributed by atoms with Crippen molar-refractivity contribution in [2.45, 2.75) is 18.5 Å². The summed E-state index contributed by atoms with van der Waals surface area (Å²) in [6.45, 7) is 0. The Morgan fingerprint density at radius 1 is 1.53 bits per heavy atom. The van der Waals surface area contributed by atoms with E-state index in [4.69, 9.17) is 5.73 Å². The van der Waals surface area contributed by atoms with Crippen molar-refractivity contribution in [2.24, 2.45) is 5.73 Å². The summed E-state index contributed by atoms with van der Waals surface area (Å²) < 4.78 is 12.9. The summed E-state index contributed by atoms with van der Waals surface area (Å²) in [5.41, 5.74) is 7.13. The molecule has 0 radical (unpaired) electrons. The van der Waals surface area contributed by atoms with Crippen LogP contribution in [0.3, 0.4) is 0 Å². The third-order valence-electron chi connectivity index (χ3n) is 2.61. The van der Waals surface area contributed by atoms with Gasteiger partial charge in [-0.15, -0.1) is 0 Å². The molecule has 1 fully saturated rings. The van der Waals surface area contributed by atoms with Crippen molar-refractivity contribution in [3.8, 4) is 0 Å². The molecule has 0 bridgehead atoms. The number of hydrogen-bond acceptors (Lipinski definition) is 3. The van der Waals surface area contributed by atoms with Crippen LogP contribution < -0.4 is 11.1 Å². The van der Waals surface area contributed by atoms with Crippen LogP contribution in [0.1, 0.15) is 6.42 Å². The van der Waals surface area contributed by atoms with Gasteiger partial charge in [-0.05, 0) is 24.6 Å². The molecule has 0 spiro atoms. The molecule has 15 heavy (non-hydrogen) atoms. The standard InChI is InChI=1S/C10H11FN4/c11-5-1-2-7-9(3-5)15-10(13-7)14-8-4-6(8)12/h1-3,6,8H,4,12H2,(H2,13,14,15). The number of rotatable bonds is 2. The van der Waals surface area contributed by atoms with Gasteiger partial charge < -0.3 is 16.0 Å². The second-order valence-electron chi connectivity index (χ2n) is 3.90. The fraction of sp³-hybridized carbons (Fsp3) is 0.300. The van der Waals surface area contributed by atoms with Crippen molar-refractivity contribution in [3.63, 3.8) is 0 Å². The molecule has 0 aliphatic heterocycles. The molecule has 1 aliphatic carbocycles. The summed E-state index contributed by atoms with van der Waals surface area (Å²) in [5, 5.41) is 3.16. The lowest BCUT2D eigenvalue weighted by Crippen LogP contribution is -2.13. The summed E-state index contributed by atoms with van der Waals surface area (Å²) in [5.74, 6) is 0.398. The number of benzene rings is 1. The first-order valence-corrected chi connectivity index (χ1v) is 4.90. The van der Waals surface area contributed by atoms with Crippen LogP contribution >= 0.6 is 0 Å². The van der Waals surface area contributed by atoms with Crippen LogP contribution in [0.15, 0.2) is 18.2 Å². The van der Waals surface area contributed by atoms with Gasteiger partial charge in [-0.25, -0.2) is 9.37 Å². The van der Waals surface area contributed by atoms with E-state index >= 15 is 0 Å². The SMILES string of the molecule is NC1CC1Nc1nc2ccc(F)cc2[nH]1. The average molecular weight is 206 g/mol. The van der Waals surface area contributed by atoms with E-state index in [0.717, 1.165) is 11.9 Å². The Morgan fingerprint density at radius 2 is 2.33 bits per heavy atom. The molecule has 3 rings (SSSR count). The Hall–Kier alpha value is -1.62. The Morgan fingerprint density at radius 3 is 3.07 bits per heavy atom. The molecule has 1 aliphatic rings. The van der Waals surface area contributed by atoms with E-state index in [1.165, 1.54) is 12.1 Å². The first kappa shape index (κ1) is 8.67. The molecular weight excluding hydrogens is 195 g/mol. The van der Waals surface area contributed by atoms with Crippen molar-refractivity contribution in [1.82, 2.24) is 9.97 Å². The van der Waals surface area contributed by atoms with E-state index in [1.54, 1.807) is 6.07 Å². The number of nitrogens with zero attached hydrogens (tertiary/aromatic N) is 1. The predicted octanol–water partition coefficient (Wildman–Crippen LogP) is 1.21. The highest BCUT2D eigenvalue weighted by Gasteiger charge is 2.33. The molecule has 5 heteroatoms. The van der Waals surface area contributed by atoms with E-state index in [0.29, 0.717) is 17.5 Å². The summed E-state index contributed by atoms with van der Waals surface area (Å²) in [6.07, 6.45) is 0.964. The third-order valence-corrected chi connectivity index (χ3v) is 2.61. The van der Waals surface area contributed by atoms with Crippen LogP contribution in [-0.4, -0.2) is 22.1 Å². The van der Waals surface area contributed by atoms with Gasteiger partial charge in [0, 0.05) is 12.1 Å². The zero-order valence-corrected chi connectivity index (χ0v) is 8.00. The van der Waals surface area contributed by atoms with Gasteiger partial charge in [-0.2, -0.15) is 0 Å². The minimum absolute atomic E-state index is 0.218. The number of hydrogen-bond donors (Lipinski definition) is 3. The summed E-state index contributed by atoms with van der Waals surface area (Å²) >= 11 is 0. The van der Waals surface area contributed by atoms with E-state index in [-0.39, 0.29) is 11.9 Å². The molecule has 4 nitrogen and oxygen atoms in total. The van der Waals surface area contributed by atoms with Gasteiger partial charge in [0.25, 0.3) is 0 Å². The van der Waals surface area contributed by atoms with Crippen LogP contribution in [0.4, 0.5) is 10.3 Å². The highest BCUT2D eigenvalue weighted by atomic mass is 19.1. The molecule has 4 N–H and O–H groups in total. The van der Waals surface area contributed by atoms with Crippen LogP contribution in [0.5, 0.6) is 0 Å². The molecule has 0 amide bonds. The lowest BCUT2D eigenvalue weighted by atomic mass is 10.3. The predicted molar refractivity (Wildman–Crippen MR) is 56.1 cm³/mol. The highest BCUT2D eigenvalue weighted by Crippen LogP contribution is 2.23. The lowest BCUT2D eigenvalue weighted by molar-refractivity contribution is 0.629. The maximum Gasteiger partial charge on any atom is 0.201 e. The molecule has 78 valence electrons. The van der Waals surface area contributed by atoms with Crippen molar-refractivity contribution >= 4 is 17.0 Å². The molecule has 2 atom stereocenters. The summed E-state index contributed by atoms with van der Waals surface area (Å²) in [6, 6.07) is 5.00. The normalized spacial score (nSPS) is 24.4. The molecule has 2 unspecified atom stereocenters. The molecule has 1 heterocycles. The average Bonchev–Trinajstić information content (AvgIpc) is 2.75. The van der Waals surface area contributed by atoms with Gasteiger partial charge in [0.05, 0.1) is 11.0 Å². The third kappa shape index (κ3) is 1.55. The van der Waals surface area contributed by atoms with Crippen molar-refractivity contribution in [2.75, 3.05) is 5.32 Å². The summed E-state index contributed by atoms with van der Waals surface area (Å²) in [7, 11) is 0. The topological polar surface area (TPSA) is 66.7 Å². The molecule has 1 aromatic heterocycles. The number of aromatic nitrogens is 2. The van der Waals surface area contributed by atoms with Crippen LogP contribution in [0, 0.1) is 5.82 Å². The van der Waals surface area contributed by atoms with E-state index < -0.39 is 0 Å². The number of halogens is 1. The van der Waals surface area contributed by atoms with Crippen molar-refractivity contribution < 1.29 is 4.39 Å². The van der Waals surface area contributed by atoms with Gasteiger partial charge in [0.1, 0.15) is 5.82 Å². The maximum atomic E-state index is 12.9. The minimum atomic E-state index is -0.263. The fourth-order valence-corrected chi connectivity index (χ4v) is 1.61. The second-order valence-corrected chi connectivity index (χ2v) is 3.90. The Labute approximate surface area is 85.7 Å². The number of anilines is 1. The molecule has 0 saturated heterocycles. The Balaban J connectivity index is 1.92. The second kappa shape index (κ2) is 2.93. The Kier molecular flexibility index (Phi) is 1.70. The smallest absolute Gasteiger partial charge is 0.201 e. The highest BCUT2D eigenvalue weighted by molar-refractivity contribution is 5.77. The number of imidazole rings is 1. The van der Waals surface area contributed by atoms with Gasteiger partial charge in [-0.3, -0.25) is 0 Å². The minimum Gasteiger partial charge on any atom is -0.351 e. The Bertz CT molecular complexity index is 507. The van der Waals surface area contributed by atoms with E-state index in [2.05, 4.69) is 15.3 Å². The number of nitrogens with one attached hydrogen (secondary N) is 2. The van der Waals surface area contributed by atoms with Crippen LogP contribution in [0.25, 0.3) is 11.0 Å². The molecule has 1 saturated carbocycles. The van der Waals surface area contributed by atoms with Crippen molar-refractivity contribution in [3.05, 3.63) is 24.0 Å². The van der Waals surface area contributed by atoms with Crippen LogP contribution in [0.2, 0.25) is 0 Å². The molecule has 1 aromatic carbocycles. The number of fused-ring (bicyclic) bond motifs is 1. The van der Waals surface area contributed by atoms with Gasteiger partial charge in [0.15, 0.2) is 0 Å². The number of nitrogens with two attached hydrogens (primary N) is 1. The zero-order chi connectivity index (χ0) is 10.4. The number of H-pyrrole nitrogens is 1. The quantitative estimate of drug-likeness (QED) is 0.692. The molecule has 2 aromatic rings. The fourth-order valence-electron chi connectivity index (χ4n) is 1.61. The monoisotopic (exact) mass is 206 g/mol. The number of aromatic amines is 1. The van der Waals surface area contributed by atoms with Gasteiger partial charge in [0.2, 0.25) is 5.95 Å². The van der Waals surface area contributed by atoms with Gasteiger partial charge >= 0.3 is 0 Å². The largest absolute Gasteiger partial charge is 0.351 e.